The highest BCUT2D eigenvalue weighted by atomic mass is 16.2. The van der Waals surface area contributed by atoms with Crippen molar-refractivity contribution < 1.29 is 4.79 Å². The topological polar surface area (TPSA) is 25.2 Å². The van der Waals surface area contributed by atoms with Gasteiger partial charge in [0.05, 0.1) is 6.04 Å². The second-order valence-electron chi connectivity index (χ2n) is 7.55. The van der Waals surface area contributed by atoms with Crippen molar-refractivity contribution in [2.45, 2.75) is 25.9 Å². The summed E-state index contributed by atoms with van der Waals surface area (Å²) >= 11 is 0. The van der Waals surface area contributed by atoms with Crippen LogP contribution < -0.4 is 0 Å². The number of hydrogen-bond donors (Lipinski definition) is 0. The van der Waals surface area contributed by atoms with E-state index in [1.165, 1.54) is 22.2 Å². The van der Waals surface area contributed by atoms with Crippen molar-refractivity contribution in [3.63, 3.8) is 0 Å². The fourth-order valence-corrected chi connectivity index (χ4v) is 4.76. The van der Waals surface area contributed by atoms with Crippen LogP contribution in [0.15, 0.2) is 84.9 Å². The van der Waals surface area contributed by atoms with Crippen LogP contribution in [0.3, 0.4) is 0 Å². The van der Waals surface area contributed by atoms with Crippen LogP contribution in [0.1, 0.15) is 40.1 Å². The molecule has 1 unspecified atom stereocenters. The van der Waals surface area contributed by atoms with Crippen LogP contribution >= 0.6 is 0 Å². The third-order valence-electron chi connectivity index (χ3n) is 6.01. The number of carbonyl (C=O) groups excluding carboxylic acids is 1. The first-order valence-corrected chi connectivity index (χ1v) is 10.3. The van der Waals surface area contributed by atoms with E-state index in [4.69, 9.17) is 0 Å². The molecule has 1 amide bonds. The van der Waals surface area contributed by atoms with Gasteiger partial charge in [0, 0.05) is 35.2 Å². The second-order valence-corrected chi connectivity index (χ2v) is 7.55. The zero-order chi connectivity index (χ0) is 19.8. The number of hydrogen-bond acceptors (Lipinski definition) is 1. The Morgan fingerprint density at radius 1 is 0.897 bits per heavy atom. The first-order valence-electron chi connectivity index (χ1n) is 10.3. The van der Waals surface area contributed by atoms with Gasteiger partial charge in [-0.2, -0.15) is 0 Å². The van der Waals surface area contributed by atoms with Gasteiger partial charge in [-0.05, 0) is 42.7 Å². The highest BCUT2D eigenvalue weighted by molar-refractivity contribution is 5.95. The number of carbonyl (C=O) groups is 1. The van der Waals surface area contributed by atoms with E-state index in [-0.39, 0.29) is 11.9 Å². The monoisotopic (exact) mass is 380 g/mol. The fraction of sp³-hybridized carbons (Fsp3) is 0.192. The van der Waals surface area contributed by atoms with Crippen LogP contribution in [0.25, 0.3) is 10.9 Å². The van der Waals surface area contributed by atoms with E-state index < -0.39 is 0 Å². The second kappa shape index (κ2) is 7.25. The predicted molar refractivity (Wildman–Crippen MR) is 117 cm³/mol. The van der Waals surface area contributed by atoms with Crippen molar-refractivity contribution in [2.75, 3.05) is 6.54 Å². The molecule has 0 saturated heterocycles. The van der Waals surface area contributed by atoms with Crippen molar-refractivity contribution >= 4 is 16.8 Å². The minimum atomic E-state index is -0.0833. The summed E-state index contributed by atoms with van der Waals surface area (Å²) in [5.74, 6) is 0.0954. The molecule has 0 spiro atoms. The summed E-state index contributed by atoms with van der Waals surface area (Å²) in [6.07, 6.45) is 0.880. The van der Waals surface area contributed by atoms with Crippen LogP contribution in [0.2, 0.25) is 0 Å². The highest BCUT2D eigenvalue weighted by Crippen LogP contribution is 2.41. The average Bonchev–Trinajstić information content (AvgIpc) is 3.13. The van der Waals surface area contributed by atoms with Crippen LogP contribution in [0.5, 0.6) is 0 Å². The van der Waals surface area contributed by atoms with Crippen molar-refractivity contribution in [1.29, 1.82) is 0 Å². The van der Waals surface area contributed by atoms with Gasteiger partial charge in [0.1, 0.15) is 0 Å². The largest absolute Gasteiger partial charge is 0.342 e. The van der Waals surface area contributed by atoms with Crippen LogP contribution in [-0.4, -0.2) is 21.9 Å². The Morgan fingerprint density at radius 3 is 2.28 bits per heavy atom. The molecule has 29 heavy (non-hydrogen) atoms. The normalized spacial score (nSPS) is 16.0. The molecule has 0 bridgehead atoms. The smallest absolute Gasteiger partial charge is 0.254 e. The first kappa shape index (κ1) is 17.7. The van der Waals surface area contributed by atoms with E-state index in [9.17, 15) is 4.79 Å². The number of nitrogens with zero attached hydrogens (tertiary/aromatic N) is 2. The number of para-hydroxylation sites is 1. The van der Waals surface area contributed by atoms with Crippen molar-refractivity contribution in [2.24, 2.45) is 0 Å². The summed E-state index contributed by atoms with van der Waals surface area (Å²) in [5.41, 5.74) is 5.81. The average molecular weight is 380 g/mol. The maximum atomic E-state index is 13.5. The number of rotatable bonds is 3. The molecule has 1 atom stereocenters. The maximum absolute atomic E-state index is 13.5. The van der Waals surface area contributed by atoms with Gasteiger partial charge in [-0.25, -0.2) is 0 Å². The minimum absolute atomic E-state index is 0.0833. The Labute approximate surface area is 171 Å². The van der Waals surface area contributed by atoms with Gasteiger partial charge in [0.2, 0.25) is 0 Å². The number of fused-ring (bicyclic) bond motifs is 3. The number of aryl methyl sites for hydroxylation is 1. The minimum Gasteiger partial charge on any atom is -0.342 e. The Bertz CT molecular complexity index is 1130. The quantitative estimate of drug-likeness (QED) is 0.464. The lowest BCUT2D eigenvalue weighted by molar-refractivity contribution is 0.0688. The molecule has 1 aromatic heterocycles. The van der Waals surface area contributed by atoms with Gasteiger partial charge in [0.25, 0.3) is 5.91 Å². The zero-order valence-electron chi connectivity index (χ0n) is 16.6. The zero-order valence-corrected chi connectivity index (χ0v) is 16.6. The molecule has 0 aliphatic carbocycles. The molecule has 3 nitrogen and oxygen atoms in total. The molecule has 0 saturated carbocycles. The van der Waals surface area contributed by atoms with Gasteiger partial charge in [-0.3, -0.25) is 4.79 Å². The molecular weight excluding hydrogens is 356 g/mol. The Morgan fingerprint density at radius 2 is 1.55 bits per heavy atom. The maximum Gasteiger partial charge on any atom is 0.254 e. The molecule has 4 aromatic rings. The van der Waals surface area contributed by atoms with Gasteiger partial charge >= 0.3 is 0 Å². The Hall–Kier alpha value is -3.33. The Balaban J connectivity index is 1.73. The molecule has 1 aliphatic rings. The molecule has 0 N–H and O–H groups in total. The van der Waals surface area contributed by atoms with Gasteiger partial charge in [-0.1, -0.05) is 66.7 Å². The van der Waals surface area contributed by atoms with Crippen molar-refractivity contribution in [1.82, 2.24) is 9.47 Å². The van der Waals surface area contributed by atoms with E-state index in [0.717, 1.165) is 30.6 Å². The molecular formula is C26H24N2O. The van der Waals surface area contributed by atoms with Crippen LogP contribution in [0.4, 0.5) is 0 Å². The molecule has 5 rings (SSSR count). The number of amides is 1. The lowest BCUT2D eigenvalue weighted by atomic mass is 9.91. The molecule has 3 aromatic carbocycles. The summed E-state index contributed by atoms with van der Waals surface area (Å²) in [6, 6.07) is 28.6. The third-order valence-corrected chi connectivity index (χ3v) is 6.01. The van der Waals surface area contributed by atoms with Crippen molar-refractivity contribution in [3.05, 3.63) is 107 Å². The summed E-state index contributed by atoms with van der Waals surface area (Å²) in [7, 11) is 0. The van der Waals surface area contributed by atoms with E-state index in [1.54, 1.807) is 0 Å². The van der Waals surface area contributed by atoms with Crippen LogP contribution in [0, 0.1) is 0 Å². The van der Waals surface area contributed by atoms with E-state index in [2.05, 4.69) is 64.9 Å². The van der Waals surface area contributed by atoms with Crippen LogP contribution in [-0.2, 0) is 13.0 Å². The Kier molecular flexibility index (Phi) is 4.44. The highest BCUT2D eigenvalue weighted by Gasteiger charge is 2.36. The molecule has 0 radical (unpaired) electrons. The number of benzene rings is 3. The van der Waals surface area contributed by atoms with E-state index >= 15 is 0 Å². The lowest BCUT2D eigenvalue weighted by Gasteiger charge is -2.37. The summed E-state index contributed by atoms with van der Waals surface area (Å²) in [6.45, 7) is 3.79. The first-order chi connectivity index (χ1) is 14.3. The fourth-order valence-electron chi connectivity index (χ4n) is 4.76. The molecule has 0 fully saturated rings. The lowest BCUT2D eigenvalue weighted by Crippen LogP contribution is -2.41. The summed E-state index contributed by atoms with van der Waals surface area (Å²) < 4.78 is 2.40. The van der Waals surface area contributed by atoms with Gasteiger partial charge < -0.3 is 9.47 Å². The van der Waals surface area contributed by atoms with E-state index in [1.807, 2.05) is 36.4 Å². The summed E-state index contributed by atoms with van der Waals surface area (Å²) in [4.78, 5) is 15.6. The molecule has 1 aliphatic heterocycles. The standard InChI is InChI=1S/C26H24N2O/c1-2-27-23-16-10-9-15-21(23)22-17-18-28(26(29)20-13-7-4-8-14-20)24(25(22)27)19-11-5-3-6-12-19/h3-16,24H,2,17-18H2,1H3. The van der Waals surface area contributed by atoms with Gasteiger partial charge in [0.15, 0.2) is 0 Å². The SMILES string of the molecule is CCn1c2c(c3ccccc31)CCN(C(=O)c1ccccc1)C2c1ccccc1. The molecule has 144 valence electrons. The molecule has 2 heterocycles. The van der Waals surface area contributed by atoms with Crippen molar-refractivity contribution in [3.8, 4) is 0 Å². The van der Waals surface area contributed by atoms with Gasteiger partial charge in [-0.15, -0.1) is 0 Å². The number of aromatic nitrogens is 1. The van der Waals surface area contributed by atoms with E-state index in [0.29, 0.717) is 0 Å². The third kappa shape index (κ3) is 2.85. The predicted octanol–water partition coefficient (Wildman–Crippen LogP) is 5.45. The summed E-state index contributed by atoms with van der Waals surface area (Å²) in [5, 5.41) is 1.32. The molecule has 3 heteroatoms.